The Morgan fingerprint density at radius 2 is 2.00 bits per heavy atom. The molecule has 1 N–H and O–H groups in total. The number of amides is 3. The summed E-state index contributed by atoms with van der Waals surface area (Å²) in [5.74, 6) is 0.146. The second kappa shape index (κ2) is 5.01. The number of rotatable bonds is 4. The van der Waals surface area contributed by atoms with Crippen molar-refractivity contribution in [1.82, 2.24) is 15.1 Å². The number of likely N-dealkylation sites (tertiary alicyclic amines) is 1. The summed E-state index contributed by atoms with van der Waals surface area (Å²) < 4.78 is 0. The predicted octanol–water partition coefficient (Wildman–Crippen LogP) is 0.241. The lowest BCUT2D eigenvalue weighted by Crippen LogP contribution is -2.41. The maximum Gasteiger partial charge on any atom is 0.324 e. The average Bonchev–Trinajstić information content (AvgIpc) is 2.84. The van der Waals surface area contributed by atoms with Crippen LogP contribution in [-0.2, 0) is 4.79 Å². The minimum Gasteiger partial charge on any atom is -0.324 e. The van der Waals surface area contributed by atoms with Crippen molar-refractivity contribution in [2.75, 3.05) is 32.1 Å². The van der Waals surface area contributed by atoms with Crippen molar-refractivity contribution in [2.45, 2.75) is 18.9 Å². The molecule has 0 aliphatic carbocycles. The van der Waals surface area contributed by atoms with Gasteiger partial charge in [-0.15, -0.1) is 11.6 Å². The lowest BCUT2D eigenvalue weighted by atomic mass is 10.2. The first-order valence-electron chi connectivity index (χ1n) is 5.62. The standard InChI is InChI=1S/C10H16ClN3O2/c11-3-6-14-9(15)8(12-10(14)16)7-13-4-1-2-5-13/h8H,1-7H2,(H,12,16). The number of nitrogens with one attached hydrogen (secondary N) is 1. The summed E-state index contributed by atoms with van der Waals surface area (Å²) in [6, 6.07) is -0.691. The number of carbonyl (C=O) groups is 2. The fourth-order valence-corrected chi connectivity index (χ4v) is 2.39. The van der Waals surface area contributed by atoms with Crippen molar-refractivity contribution in [2.24, 2.45) is 0 Å². The van der Waals surface area contributed by atoms with Crippen LogP contribution in [0.1, 0.15) is 12.8 Å². The maximum atomic E-state index is 11.9. The van der Waals surface area contributed by atoms with E-state index in [1.165, 1.54) is 17.7 Å². The van der Waals surface area contributed by atoms with Crippen molar-refractivity contribution in [3.05, 3.63) is 0 Å². The van der Waals surface area contributed by atoms with Gasteiger partial charge in [0, 0.05) is 19.0 Å². The van der Waals surface area contributed by atoms with Crippen LogP contribution in [0.5, 0.6) is 0 Å². The zero-order valence-electron chi connectivity index (χ0n) is 9.12. The molecule has 0 bridgehead atoms. The van der Waals surface area contributed by atoms with Crippen molar-refractivity contribution in [3.63, 3.8) is 0 Å². The molecule has 2 fully saturated rings. The number of hydrogen-bond acceptors (Lipinski definition) is 3. The van der Waals surface area contributed by atoms with Gasteiger partial charge in [0.1, 0.15) is 6.04 Å². The minimum absolute atomic E-state index is 0.141. The molecule has 2 saturated heterocycles. The average molecular weight is 246 g/mol. The molecule has 0 aromatic rings. The number of carbonyl (C=O) groups excluding carboxylic acids is 2. The molecule has 0 aromatic heterocycles. The Bertz CT molecular complexity index is 292. The van der Waals surface area contributed by atoms with Crippen LogP contribution in [0.15, 0.2) is 0 Å². The third-order valence-electron chi connectivity index (χ3n) is 3.05. The molecule has 16 heavy (non-hydrogen) atoms. The Balaban J connectivity index is 1.91. The number of halogens is 1. The van der Waals surface area contributed by atoms with E-state index in [4.69, 9.17) is 11.6 Å². The first-order chi connectivity index (χ1) is 7.72. The number of hydrogen-bond donors (Lipinski definition) is 1. The van der Waals surface area contributed by atoms with Gasteiger partial charge in [0.2, 0.25) is 0 Å². The summed E-state index contributed by atoms with van der Waals surface area (Å²) in [7, 11) is 0. The Morgan fingerprint density at radius 1 is 1.31 bits per heavy atom. The van der Waals surface area contributed by atoms with Crippen LogP contribution < -0.4 is 5.32 Å². The van der Waals surface area contributed by atoms with E-state index in [0.29, 0.717) is 13.1 Å². The lowest BCUT2D eigenvalue weighted by molar-refractivity contribution is -0.127. The third-order valence-corrected chi connectivity index (χ3v) is 3.22. The molecule has 0 spiro atoms. The van der Waals surface area contributed by atoms with Crippen molar-refractivity contribution < 1.29 is 9.59 Å². The molecule has 2 aliphatic heterocycles. The molecule has 1 unspecified atom stereocenters. The molecule has 2 heterocycles. The zero-order valence-corrected chi connectivity index (χ0v) is 9.87. The Morgan fingerprint density at radius 3 is 2.62 bits per heavy atom. The maximum absolute atomic E-state index is 11.9. The first kappa shape index (κ1) is 11.7. The highest BCUT2D eigenvalue weighted by molar-refractivity contribution is 6.18. The zero-order chi connectivity index (χ0) is 11.5. The van der Waals surface area contributed by atoms with Crippen LogP contribution in [0, 0.1) is 0 Å². The van der Waals surface area contributed by atoms with Crippen molar-refractivity contribution in [3.8, 4) is 0 Å². The molecule has 3 amide bonds. The van der Waals surface area contributed by atoms with E-state index in [1.54, 1.807) is 0 Å². The fourth-order valence-electron chi connectivity index (χ4n) is 2.22. The van der Waals surface area contributed by atoms with Gasteiger partial charge in [-0.1, -0.05) is 0 Å². The summed E-state index contributed by atoms with van der Waals surface area (Å²) in [5.41, 5.74) is 0. The van der Waals surface area contributed by atoms with Crippen LogP contribution >= 0.6 is 11.6 Å². The first-order valence-corrected chi connectivity index (χ1v) is 6.16. The number of nitrogens with zero attached hydrogens (tertiary/aromatic N) is 2. The molecule has 90 valence electrons. The predicted molar refractivity (Wildman–Crippen MR) is 60.4 cm³/mol. The lowest BCUT2D eigenvalue weighted by Gasteiger charge is -2.18. The number of alkyl halides is 1. The molecule has 0 radical (unpaired) electrons. The van der Waals surface area contributed by atoms with Gasteiger partial charge in [-0.3, -0.25) is 9.69 Å². The monoisotopic (exact) mass is 245 g/mol. The second-order valence-electron chi connectivity index (χ2n) is 4.19. The van der Waals surface area contributed by atoms with Crippen LogP contribution in [0.3, 0.4) is 0 Å². The van der Waals surface area contributed by atoms with Crippen molar-refractivity contribution in [1.29, 1.82) is 0 Å². The topological polar surface area (TPSA) is 52.7 Å². The Kier molecular flexibility index (Phi) is 3.66. The van der Waals surface area contributed by atoms with Crippen LogP contribution in [0.2, 0.25) is 0 Å². The number of urea groups is 1. The van der Waals surface area contributed by atoms with E-state index in [9.17, 15) is 9.59 Å². The number of imide groups is 1. The van der Waals surface area contributed by atoms with Crippen molar-refractivity contribution >= 4 is 23.5 Å². The van der Waals surface area contributed by atoms with Gasteiger partial charge in [-0.05, 0) is 25.9 Å². The van der Waals surface area contributed by atoms with Crippen LogP contribution in [-0.4, -0.2) is 59.8 Å². The molecule has 1 atom stereocenters. The second-order valence-corrected chi connectivity index (χ2v) is 4.57. The Labute approximate surface area is 99.7 Å². The molecule has 0 saturated carbocycles. The van der Waals surface area contributed by atoms with E-state index in [0.717, 1.165) is 13.1 Å². The highest BCUT2D eigenvalue weighted by Crippen LogP contribution is 2.12. The Hall–Kier alpha value is -0.810. The summed E-state index contributed by atoms with van der Waals surface area (Å²) in [5, 5.41) is 2.70. The van der Waals surface area contributed by atoms with Crippen LogP contribution in [0.25, 0.3) is 0 Å². The fraction of sp³-hybridized carbons (Fsp3) is 0.800. The summed E-state index contributed by atoms with van der Waals surface area (Å²) in [6.07, 6.45) is 2.36. The van der Waals surface area contributed by atoms with E-state index < -0.39 is 0 Å². The van der Waals surface area contributed by atoms with Gasteiger partial charge in [0.25, 0.3) is 5.91 Å². The molecular weight excluding hydrogens is 230 g/mol. The highest BCUT2D eigenvalue weighted by Gasteiger charge is 2.38. The van der Waals surface area contributed by atoms with Gasteiger partial charge >= 0.3 is 6.03 Å². The normalized spacial score (nSPS) is 26.6. The molecule has 2 aliphatic rings. The SMILES string of the molecule is O=C1NC(CN2CCCC2)C(=O)N1CCCl. The molecule has 6 heteroatoms. The highest BCUT2D eigenvalue weighted by atomic mass is 35.5. The summed E-state index contributed by atoms with van der Waals surface area (Å²) in [6.45, 7) is 2.97. The largest absolute Gasteiger partial charge is 0.324 e. The van der Waals surface area contributed by atoms with Gasteiger partial charge in [-0.2, -0.15) is 0 Å². The van der Waals surface area contributed by atoms with Gasteiger partial charge in [-0.25, -0.2) is 4.79 Å². The van der Waals surface area contributed by atoms with E-state index >= 15 is 0 Å². The third kappa shape index (κ3) is 2.30. The van der Waals surface area contributed by atoms with E-state index in [-0.39, 0.29) is 23.9 Å². The van der Waals surface area contributed by atoms with Gasteiger partial charge in [0.05, 0.1) is 0 Å². The van der Waals surface area contributed by atoms with Gasteiger partial charge < -0.3 is 10.2 Å². The smallest absolute Gasteiger partial charge is 0.324 e. The molecule has 0 aromatic carbocycles. The van der Waals surface area contributed by atoms with E-state index in [1.807, 2.05) is 0 Å². The summed E-state index contributed by atoms with van der Waals surface area (Å²) >= 11 is 5.55. The molecular formula is C10H16ClN3O2. The quantitative estimate of drug-likeness (QED) is 0.570. The van der Waals surface area contributed by atoms with Gasteiger partial charge in [0.15, 0.2) is 0 Å². The van der Waals surface area contributed by atoms with Crippen LogP contribution in [0.4, 0.5) is 4.79 Å². The molecule has 5 nitrogen and oxygen atoms in total. The van der Waals surface area contributed by atoms with E-state index in [2.05, 4.69) is 10.2 Å². The summed E-state index contributed by atoms with van der Waals surface area (Å²) in [4.78, 5) is 26.7. The molecule has 2 rings (SSSR count). The minimum atomic E-state index is -0.381.